The van der Waals surface area contributed by atoms with Gasteiger partial charge in [0, 0.05) is 43.5 Å². The molecule has 0 radical (unpaired) electrons. The van der Waals surface area contributed by atoms with Crippen molar-refractivity contribution in [1.29, 1.82) is 5.26 Å². The Labute approximate surface area is 158 Å². The predicted molar refractivity (Wildman–Crippen MR) is 104 cm³/mol. The molecule has 3 aromatic heterocycles. The van der Waals surface area contributed by atoms with Crippen LogP contribution in [0.4, 0.5) is 5.82 Å². The second-order valence-electron chi connectivity index (χ2n) is 6.68. The van der Waals surface area contributed by atoms with Crippen LogP contribution in [0.1, 0.15) is 12.5 Å². The van der Waals surface area contributed by atoms with Gasteiger partial charge in [-0.2, -0.15) is 10.4 Å². The maximum Gasteiger partial charge on any atom is 0.138 e. The largest absolute Gasteiger partial charge is 0.492 e. The van der Waals surface area contributed by atoms with Gasteiger partial charge in [-0.25, -0.2) is 9.50 Å². The van der Waals surface area contributed by atoms with Crippen LogP contribution in [0.15, 0.2) is 36.8 Å². The molecule has 4 heterocycles. The van der Waals surface area contributed by atoms with Gasteiger partial charge < -0.3 is 14.5 Å². The van der Waals surface area contributed by atoms with Crippen LogP contribution < -0.4 is 9.64 Å². The van der Waals surface area contributed by atoms with Gasteiger partial charge in [0.1, 0.15) is 17.6 Å². The van der Waals surface area contributed by atoms with Gasteiger partial charge in [0.15, 0.2) is 0 Å². The molecule has 0 N–H and O–H groups in total. The van der Waals surface area contributed by atoms with E-state index < -0.39 is 0 Å². The van der Waals surface area contributed by atoms with Gasteiger partial charge in [0.25, 0.3) is 0 Å². The second kappa shape index (κ2) is 7.25. The Morgan fingerprint density at radius 1 is 1.19 bits per heavy atom. The third kappa shape index (κ3) is 3.32. The zero-order valence-electron chi connectivity index (χ0n) is 15.6. The minimum absolute atomic E-state index is 0.538. The molecule has 3 aromatic rings. The quantitative estimate of drug-likeness (QED) is 0.710. The lowest BCUT2D eigenvalue weighted by atomic mass is 10.1. The summed E-state index contributed by atoms with van der Waals surface area (Å²) in [5.41, 5.74) is 3.15. The highest BCUT2D eigenvalue weighted by atomic mass is 16.5. The third-order valence-corrected chi connectivity index (χ3v) is 4.90. The van der Waals surface area contributed by atoms with Gasteiger partial charge >= 0.3 is 0 Å². The molecule has 0 atom stereocenters. The van der Waals surface area contributed by atoms with Crippen LogP contribution in [-0.2, 0) is 0 Å². The van der Waals surface area contributed by atoms with Crippen molar-refractivity contribution in [3.63, 3.8) is 0 Å². The summed E-state index contributed by atoms with van der Waals surface area (Å²) in [7, 11) is 2.14. The minimum atomic E-state index is 0.538. The number of anilines is 1. The van der Waals surface area contributed by atoms with Crippen LogP contribution in [0.25, 0.3) is 16.6 Å². The van der Waals surface area contributed by atoms with Gasteiger partial charge in [0.05, 0.1) is 30.1 Å². The first kappa shape index (κ1) is 17.3. The summed E-state index contributed by atoms with van der Waals surface area (Å²) in [4.78, 5) is 9.30. The van der Waals surface area contributed by atoms with Gasteiger partial charge in [-0.1, -0.05) is 0 Å². The lowest BCUT2D eigenvalue weighted by Crippen LogP contribution is -2.44. The van der Waals surface area contributed by atoms with Crippen molar-refractivity contribution in [2.75, 3.05) is 44.7 Å². The normalized spacial score (nSPS) is 15.1. The molecule has 0 unspecified atom stereocenters. The summed E-state index contributed by atoms with van der Waals surface area (Å²) in [6.45, 7) is 6.56. The molecule has 1 saturated heterocycles. The second-order valence-corrected chi connectivity index (χ2v) is 6.68. The Balaban J connectivity index is 1.73. The van der Waals surface area contributed by atoms with Crippen LogP contribution in [0, 0.1) is 11.3 Å². The lowest BCUT2D eigenvalue weighted by molar-refractivity contribution is 0.312. The topological polar surface area (TPSA) is 69.7 Å². The zero-order chi connectivity index (χ0) is 18.8. The molecule has 138 valence electrons. The van der Waals surface area contributed by atoms with Gasteiger partial charge in [-0.05, 0) is 32.2 Å². The Bertz CT molecular complexity index is 980. The first-order valence-corrected chi connectivity index (χ1v) is 9.14. The van der Waals surface area contributed by atoms with Crippen molar-refractivity contribution >= 4 is 11.3 Å². The lowest BCUT2D eigenvalue weighted by Gasteiger charge is -2.33. The number of hydrogen-bond acceptors (Lipinski definition) is 6. The fourth-order valence-corrected chi connectivity index (χ4v) is 3.41. The summed E-state index contributed by atoms with van der Waals surface area (Å²) in [5.74, 6) is 1.70. The molecule has 0 aliphatic carbocycles. The van der Waals surface area contributed by atoms with E-state index in [9.17, 15) is 5.26 Å². The van der Waals surface area contributed by atoms with Crippen LogP contribution in [0.2, 0.25) is 0 Å². The van der Waals surface area contributed by atoms with Crippen LogP contribution >= 0.6 is 0 Å². The van der Waals surface area contributed by atoms with Crippen molar-refractivity contribution < 1.29 is 4.74 Å². The van der Waals surface area contributed by atoms with Crippen molar-refractivity contribution in [2.24, 2.45) is 0 Å². The Morgan fingerprint density at radius 3 is 2.67 bits per heavy atom. The zero-order valence-corrected chi connectivity index (χ0v) is 15.6. The van der Waals surface area contributed by atoms with Crippen molar-refractivity contribution in [3.05, 3.63) is 42.4 Å². The molecule has 1 aliphatic heterocycles. The Hall–Kier alpha value is -3.11. The van der Waals surface area contributed by atoms with Crippen molar-refractivity contribution in [3.8, 4) is 22.9 Å². The SMILES string of the molecule is CCOc1cc(-c2ccc(N3CCN(C)CC3)nc2)c2c(C#N)cnn2c1. The van der Waals surface area contributed by atoms with Crippen LogP contribution in [-0.4, -0.2) is 59.3 Å². The number of fused-ring (bicyclic) bond motifs is 1. The van der Waals surface area contributed by atoms with E-state index in [1.807, 2.05) is 25.3 Å². The van der Waals surface area contributed by atoms with Crippen LogP contribution in [0.5, 0.6) is 5.75 Å². The summed E-state index contributed by atoms with van der Waals surface area (Å²) >= 11 is 0. The summed E-state index contributed by atoms with van der Waals surface area (Å²) in [6, 6.07) is 8.28. The number of nitrogens with zero attached hydrogens (tertiary/aromatic N) is 6. The number of likely N-dealkylation sites (N-methyl/N-ethyl adjacent to an activating group) is 1. The van der Waals surface area contributed by atoms with E-state index in [0.717, 1.165) is 54.4 Å². The van der Waals surface area contributed by atoms with Crippen molar-refractivity contribution in [2.45, 2.75) is 6.92 Å². The average Bonchev–Trinajstić information content (AvgIpc) is 3.11. The molecule has 0 amide bonds. The molecule has 0 bridgehead atoms. The molecular formula is C20H22N6O. The van der Waals surface area contributed by atoms with Gasteiger partial charge in [-0.15, -0.1) is 0 Å². The Kier molecular flexibility index (Phi) is 4.65. The number of aromatic nitrogens is 3. The van der Waals surface area contributed by atoms with E-state index in [0.29, 0.717) is 12.2 Å². The van der Waals surface area contributed by atoms with Gasteiger partial charge in [-0.3, -0.25) is 0 Å². The van der Waals surface area contributed by atoms with Gasteiger partial charge in [0.2, 0.25) is 0 Å². The molecule has 7 nitrogen and oxygen atoms in total. The van der Waals surface area contributed by atoms with E-state index in [1.54, 1.807) is 16.9 Å². The summed E-state index contributed by atoms with van der Waals surface area (Å²) < 4.78 is 7.37. The van der Waals surface area contributed by atoms with E-state index in [1.165, 1.54) is 0 Å². The van der Waals surface area contributed by atoms with E-state index >= 15 is 0 Å². The molecule has 0 spiro atoms. The molecule has 27 heavy (non-hydrogen) atoms. The number of nitriles is 1. The van der Waals surface area contributed by atoms with Crippen LogP contribution in [0.3, 0.4) is 0 Å². The van der Waals surface area contributed by atoms with E-state index in [-0.39, 0.29) is 0 Å². The highest BCUT2D eigenvalue weighted by Gasteiger charge is 2.17. The highest BCUT2D eigenvalue weighted by molar-refractivity contribution is 5.85. The first-order chi connectivity index (χ1) is 13.2. The predicted octanol–water partition coefficient (Wildman–Crippen LogP) is 2.42. The number of hydrogen-bond donors (Lipinski definition) is 0. The fraction of sp³-hybridized carbons (Fsp3) is 0.350. The molecule has 1 aliphatic rings. The third-order valence-electron chi connectivity index (χ3n) is 4.90. The summed E-state index contributed by atoms with van der Waals surface area (Å²) in [6.07, 6.45) is 5.25. The maximum atomic E-state index is 9.44. The molecule has 0 aromatic carbocycles. The number of rotatable bonds is 4. The number of ether oxygens (including phenoxy) is 1. The molecule has 4 rings (SSSR count). The fourth-order valence-electron chi connectivity index (χ4n) is 3.41. The highest BCUT2D eigenvalue weighted by Crippen LogP contribution is 2.31. The standard InChI is InChI=1S/C20H22N6O/c1-3-27-17-10-18(20-16(11-21)13-23-26(20)14-17)15-4-5-19(22-12-15)25-8-6-24(2)7-9-25/h4-5,10,12-14H,3,6-9H2,1-2H3. The van der Waals surface area contributed by atoms with E-state index in [4.69, 9.17) is 4.74 Å². The van der Waals surface area contributed by atoms with E-state index in [2.05, 4.69) is 39.1 Å². The monoisotopic (exact) mass is 362 g/mol. The average molecular weight is 362 g/mol. The number of piperazine rings is 1. The smallest absolute Gasteiger partial charge is 0.138 e. The minimum Gasteiger partial charge on any atom is -0.492 e. The Morgan fingerprint density at radius 2 is 2.00 bits per heavy atom. The van der Waals surface area contributed by atoms with Crippen molar-refractivity contribution in [1.82, 2.24) is 19.5 Å². The summed E-state index contributed by atoms with van der Waals surface area (Å²) in [5, 5.41) is 13.7. The molecular weight excluding hydrogens is 340 g/mol. The molecule has 0 saturated carbocycles. The number of pyridine rings is 2. The molecule has 7 heteroatoms. The first-order valence-electron chi connectivity index (χ1n) is 9.14. The maximum absolute atomic E-state index is 9.44. The molecule has 1 fully saturated rings.